The van der Waals surface area contributed by atoms with E-state index in [0.29, 0.717) is 0 Å². The van der Waals surface area contributed by atoms with Crippen molar-refractivity contribution in [1.82, 2.24) is 0 Å². The van der Waals surface area contributed by atoms with Crippen LogP contribution < -0.4 is 0 Å². The number of hydrogen-bond acceptors (Lipinski definition) is 1. The zero-order chi connectivity index (χ0) is 9.84. The number of ether oxygens (including phenoxy) is 1. The van der Waals surface area contributed by atoms with Gasteiger partial charge in [-0.1, -0.05) is 6.07 Å². The summed E-state index contributed by atoms with van der Waals surface area (Å²) in [5, 5.41) is 0. The van der Waals surface area contributed by atoms with Gasteiger partial charge in [-0.05, 0) is 12.1 Å². The van der Waals surface area contributed by atoms with Crippen LogP contribution in [0.15, 0.2) is 18.2 Å². The molecule has 0 heterocycles. The molecular weight excluding hydrogens is 181 g/mol. The zero-order valence-corrected chi connectivity index (χ0v) is 7.06. The maximum Gasteiger partial charge on any atom is 0.154 e. The van der Waals surface area contributed by atoms with E-state index in [1.54, 1.807) is 0 Å². The van der Waals surface area contributed by atoms with Crippen molar-refractivity contribution in [3.8, 4) is 0 Å². The van der Waals surface area contributed by atoms with Crippen molar-refractivity contribution in [3.63, 3.8) is 0 Å². The lowest BCUT2D eigenvalue weighted by Gasteiger charge is -2.08. The molecule has 0 radical (unpaired) electrons. The fourth-order valence-corrected chi connectivity index (χ4v) is 1.04. The number of alkyl halides is 1. The first-order chi connectivity index (χ1) is 6.16. The van der Waals surface area contributed by atoms with Crippen molar-refractivity contribution in [1.29, 1.82) is 0 Å². The summed E-state index contributed by atoms with van der Waals surface area (Å²) >= 11 is 0. The summed E-state index contributed by atoms with van der Waals surface area (Å²) in [4.78, 5) is 0. The van der Waals surface area contributed by atoms with Gasteiger partial charge < -0.3 is 4.74 Å². The quantitative estimate of drug-likeness (QED) is 0.711. The lowest BCUT2D eigenvalue weighted by molar-refractivity contribution is 0.120. The first kappa shape index (κ1) is 10.1. The topological polar surface area (TPSA) is 9.23 Å². The first-order valence-electron chi connectivity index (χ1n) is 3.73. The van der Waals surface area contributed by atoms with E-state index in [0.717, 1.165) is 12.1 Å². The van der Waals surface area contributed by atoms with Crippen LogP contribution in [0.5, 0.6) is 0 Å². The number of halogens is 3. The van der Waals surface area contributed by atoms with E-state index in [9.17, 15) is 13.2 Å². The Balaban J connectivity index is 2.98. The fraction of sp³-hybridized carbons (Fsp3) is 0.333. The minimum absolute atomic E-state index is 0.349. The summed E-state index contributed by atoms with van der Waals surface area (Å²) < 4.78 is 43.3. The van der Waals surface area contributed by atoms with Gasteiger partial charge in [0.15, 0.2) is 6.17 Å². The molecule has 72 valence electrons. The van der Waals surface area contributed by atoms with Crippen molar-refractivity contribution in [2.75, 3.05) is 13.7 Å². The summed E-state index contributed by atoms with van der Waals surface area (Å²) in [6.45, 7) is -0.349. The molecule has 0 aliphatic carbocycles. The van der Waals surface area contributed by atoms with Gasteiger partial charge in [0.2, 0.25) is 0 Å². The third-order valence-corrected chi connectivity index (χ3v) is 1.63. The molecule has 0 spiro atoms. The number of benzene rings is 1. The molecule has 0 aliphatic rings. The molecule has 0 unspecified atom stereocenters. The Morgan fingerprint density at radius 2 is 1.85 bits per heavy atom. The summed E-state index contributed by atoms with van der Waals surface area (Å²) in [7, 11) is 1.27. The Hall–Kier alpha value is -1.03. The maximum atomic E-state index is 13.1. The molecule has 0 saturated heterocycles. The van der Waals surface area contributed by atoms with Gasteiger partial charge in [0.1, 0.15) is 11.6 Å². The SMILES string of the molecule is COC[C@H](F)c1c(F)cccc1F. The fourth-order valence-electron chi connectivity index (χ4n) is 1.04. The smallest absolute Gasteiger partial charge is 0.154 e. The van der Waals surface area contributed by atoms with E-state index in [1.807, 2.05) is 0 Å². The van der Waals surface area contributed by atoms with Gasteiger partial charge in [-0.25, -0.2) is 13.2 Å². The molecule has 1 atom stereocenters. The van der Waals surface area contributed by atoms with Crippen LogP contribution in [-0.2, 0) is 4.74 Å². The van der Waals surface area contributed by atoms with E-state index in [1.165, 1.54) is 13.2 Å². The van der Waals surface area contributed by atoms with Crippen molar-refractivity contribution < 1.29 is 17.9 Å². The molecule has 0 aliphatic heterocycles. The molecule has 0 N–H and O–H groups in total. The van der Waals surface area contributed by atoms with Crippen LogP contribution in [0, 0.1) is 11.6 Å². The van der Waals surface area contributed by atoms with Gasteiger partial charge in [0.05, 0.1) is 12.2 Å². The predicted octanol–water partition coefficient (Wildman–Crippen LogP) is 2.62. The predicted molar refractivity (Wildman–Crippen MR) is 42.1 cm³/mol. The molecule has 0 saturated carbocycles. The molecule has 0 aromatic heterocycles. The number of hydrogen-bond donors (Lipinski definition) is 0. The standard InChI is InChI=1S/C9H9F3O/c1-13-5-8(12)9-6(10)3-2-4-7(9)11/h2-4,8H,5H2,1H3/t8-/m0/s1. The molecule has 13 heavy (non-hydrogen) atoms. The van der Waals surface area contributed by atoms with Crippen LogP contribution >= 0.6 is 0 Å². The van der Waals surface area contributed by atoms with Crippen LogP contribution in [0.4, 0.5) is 13.2 Å². The van der Waals surface area contributed by atoms with Crippen LogP contribution in [-0.4, -0.2) is 13.7 Å². The van der Waals surface area contributed by atoms with Crippen molar-refractivity contribution in [3.05, 3.63) is 35.4 Å². The Kier molecular flexibility index (Phi) is 3.31. The van der Waals surface area contributed by atoms with Crippen LogP contribution in [0.25, 0.3) is 0 Å². The van der Waals surface area contributed by atoms with E-state index in [4.69, 9.17) is 0 Å². The zero-order valence-electron chi connectivity index (χ0n) is 7.06. The minimum Gasteiger partial charge on any atom is -0.381 e. The molecule has 0 bridgehead atoms. The molecule has 1 aromatic rings. The van der Waals surface area contributed by atoms with E-state index in [2.05, 4.69) is 4.74 Å². The van der Waals surface area contributed by atoms with Crippen molar-refractivity contribution >= 4 is 0 Å². The van der Waals surface area contributed by atoms with Gasteiger partial charge in [-0.2, -0.15) is 0 Å². The molecule has 1 nitrogen and oxygen atoms in total. The van der Waals surface area contributed by atoms with Gasteiger partial charge in [-0.3, -0.25) is 0 Å². The lowest BCUT2D eigenvalue weighted by Crippen LogP contribution is -2.05. The molecule has 1 rings (SSSR count). The maximum absolute atomic E-state index is 13.1. The third-order valence-electron chi connectivity index (χ3n) is 1.63. The first-order valence-corrected chi connectivity index (χ1v) is 3.73. The monoisotopic (exact) mass is 190 g/mol. The van der Waals surface area contributed by atoms with Gasteiger partial charge >= 0.3 is 0 Å². The normalized spacial score (nSPS) is 12.9. The highest BCUT2D eigenvalue weighted by Gasteiger charge is 2.18. The highest BCUT2D eigenvalue weighted by Crippen LogP contribution is 2.23. The van der Waals surface area contributed by atoms with Gasteiger partial charge in [0, 0.05) is 7.11 Å². The molecule has 0 fully saturated rings. The minimum atomic E-state index is -1.76. The van der Waals surface area contributed by atoms with Gasteiger partial charge in [-0.15, -0.1) is 0 Å². The summed E-state index contributed by atoms with van der Waals surface area (Å²) in [5.41, 5.74) is -0.565. The summed E-state index contributed by atoms with van der Waals surface area (Å²) in [6, 6.07) is 3.22. The van der Waals surface area contributed by atoms with Crippen LogP contribution in [0.3, 0.4) is 0 Å². The highest BCUT2D eigenvalue weighted by atomic mass is 19.2. The lowest BCUT2D eigenvalue weighted by atomic mass is 10.1. The Labute approximate surface area is 74.1 Å². The molecule has 4 heteroatoms. The van der Waals surface area contributed by atoms with Crippen molar-refractivity contribution in [2.45, 2.75) is 6.17 Å². The van der Waals surface area contributed by atoms with Crippen LogP contribution in [0.2, 0.25) is 0 Å². The Morgan fingerprint density at radius 1 is 1.31 bits per heavy atom. The number of methoxy groups -OCH3 is 1. The van der Waals surface area contributed by atoms with E-state index < -0.39 is 23.4 Å². The molecule has 0 amide bonds. The molecular formula is C9H9F3O. The molecule has 1 aromatic carbocycles. The second kappa shape index (κ2) is 4.28. The second-order valence-corrected chi connectivity index (χ2v) is 2.56. The highest BCUT2D eigenvalue weighted by molar-refractivity contribution is 5.22. The van der Waals surface area contributed by atoms with E-state index >= 15 is 0 Å². The second-order valence-electron chi connectivity index (χ2n) is 2.56. The Bertz CT molecular complexity index is 268. The van der Waals surface area contributed by atoms with E-state index in [-0.39, 0.29) is 6.61 Å². The van der Waals surface area contributed by atoms with Crippen LogP contribution in [0.1, 0.15) is 11.7 Å². The summed E-state index contributed by atoms with van der Waals surface area (Å²) in [6.07, 6.45) is -1.76. The number of rotatable bonds is 3. The third kappa shape index (κ3) is 2.21. The Morgan fingerprint density at radius 3 is 2.31 bits per heavy atom. The average molecular weight is 190 g/mol. The van der Waals surface area contributed by atoms with Gasteiger partial charge in [0.25, 0.3) is 0 Å². The average Bonchev–Trinajstić information content (AvgIpc) is 2.04. The van der Waals surface area contributed by atoms with Crippen molar-refractivity contribution in [2.24, 2.45) is 0 Å². The summed E-state index contributed by atoms with van der Waals surface area (Å²) in [5.74, 6) is -1.77. The largest absolute Gasteiger partial charge is 0.381 e.